The minimum Gasteiger partial charge on any atom is -0.453 e. The summed E-state index contributed by atoms with van der Waals surface area (Å²) in [6, 6.07) is 1.04. The maximum absolute atomic E-state index is 11.0. The average molecular weight is 156 g/mol. The van der Waals surface area contributed by atoms with E-state index in [1.165, 1.54) is 13.5 Å². The van der Waals surface area contributed by atoms with Crippen LogP contribution in [0.1, 0.15) is 6.42 Å². The molecule has 1 N–H and O–H groups in total. The molecule has 0 aliphatic carbocycles. The summed E-state index contributed by atoms with van der Waals surface area (Å²) in [5.74, 6) is 0. The normalized spacial score (nSPS) is 34.5. The maximum atomic E-state index is 11.0. The molecule has 0 aromatic carbocycles. The van der Waals surface area contributed by atoms with E-state index < -0.39 is 0 Å². The van der Waals surface area contributed by atoms with Crippen LogP contribution in [0.4, 0.5) is 4.79 Å². The van der Waals surface area contributed by atoms with Gasteiger partial charge in [0.2, 0.25) is 0 Å². The number of nitrogens with one attached hydrogen (secondary N) is 1. The van der Waals surface area contributed by atoms with Gasteiger partial charge in [-0.3, -0.25) is 0 Å². The number of carbonyl (C=O) groups is 1. The number of fused-ring (bicyclic) bond motifs is 2. The van der Waals surface area contributed by atoms with E-state index in [4.69, 9.17) is 0 Å². The van der Waals surface area contributed by atoms with Gasteiger partial charge >= 0.3 is 6.09 Å². The van der Waals surface area contributed by atoms with E-state index >= 15 is 0 Å². The van der Waals surface area contributed by atoms with Gasteiger partial charge in [0, 0.05) is 25.2 Å². The molecule has 2 bridgehead atoms. The molecule has 3 rings (SSSR count). The van der Waals surface area contributed by atoms with E-state index in [2.05, 4.69) is 10.1 Å². The second-order valence-electron chi connectivity index (χ2n) is 3.17. The number of amides is 1. The molecule has 3 heterocycles. The van der Waals surface area contributed by atoms with Gasteiger partial charge in [-0.05, 0) is 6.42 Å². The highest BCUT2D eigenvalue weighted by molar-refractivity contribution is 5.67. The van der Waals surface area contributed by atoms with Crippen molar-refractivity contribution in [2.24, 2.45) is 0 Å². The number of hydrogen-bond donors (Lipinski definition) is 1. The molecule has 0 aromatic heterocycles. The summed E-state index contributed by atoms with van der Waals surface area (Å²) >= 11 is 0. The van der Waals surface area contributed by atoms with Gasteiger partial charge in [0.25, 0.3) is 0 Å². The first-order chi connectivity index (χ1) is 5.29. The summed E-state index contributed by atoms with van der Waals surface area (Å²) < 4.78 is 4.62. The van der Waals surface area contributed by atoms with Crippen LogP contribution >= 0.6 is 0 Å². The Hall–Kier alpha value is -0.770. The first-order valence-electron chi connectivity index (χ1n) is 3.88. The molecule has 1 amide bonds. The van der Waals surface area contributed by atoms with E-state index in [-0.39, 0.29) is 6.09 Å². The van der Waals surface area contributed by atoms with Crippen molar-refractivity contribution in [2.75, 3.05) is 20.2 Å². The second kappa shape index (κ2) is 2.37. The van der Waals surface area contributed by atoms with Crippen LogP contribution in [-0.2, 0) is 4.74 Å². The van der Waals surface area contributed by atoms with Crippen molar-refractivity contribution in [3.63, 3.8) is 0 Å². The minimum atomic E-state index is -0.193. The summed E-state index contributed by atoms with van der Waals surface area (Å²) in [5.41, 5.74) is 0. The van der Waals surface area contributed by atoms with Gasteiger partial charge in [-0.2, -0.15) is 0 Å². The standard InChI is InChI=1S/C7H12N2O2/c1-11-7(10)9-3-5-2-6(4-9)8-5/h5-6,8H,2-4H2,1H3. The van der Waals surface area contributed by atoms with Crippen molar-refractivity contribution in [3.8, 4) is 0 Å². The molecule has 4 nitrogen and oxygen atoms in total. The summed E-state index contributed by atoms with van der Waals surface area (Å²) in [5, 5.41) is 3.34. The fourth-order valence-electron chi connectivity index (χ4n) is 1.79. The van der Waals surface area contributed by atoms with Gasteiger partial charge in [-0.25, -0.2) is 4.79 Å². The molecule has 3 fully saturated rings. The molecule has 3 aliphatic rings. The fraction of sp³-hybridized carbons (Fsp3) is 0.857. The van der Waals surface area contributed by atoms with Crippen molar-refractivity contribution < 1.29 is 9.53 Å². The second-order valence-corrected chi connectivity index (χ2v) is 3.17. The lowest BCUT2D eigenvalue weighted by Crippen LogP contribution is -2.67. The zero-order chi connectivity index (χ0) is 7.84. The molecular formula is C7H12N2O2. The molecule has 11 heavy (non-hydrogen) atoms. The van der Waals surface area contributed by atoms with Crippen LogP contribution in [0.25, 0.3) is 0 Å². The molecule has 2 unspecified atom stereocenters. The summed E-state index contributed by atoms with van der Waals surface area (Å²) in [6.07, 6.45) is 1.02. The molecule has 3 aliphatic heterocycles. The van der Waals surface area contributed by atoms with Crippen LogP contribution in [-0.4, -0.2) is 43.3 Å². The Morgan fingerprint density at radius 2 is 2.09 bits per heavy atom. The van der Waals surface area contributed by atoms with Crippen molar-refractivity contribution in [2.45, 2.75) is 18.5 Å². The van der Waals surface area contributed by atoms with Gasteiger partial charge in [-0.15, -0.1) is 0 Å². The molecule has 0 radical (unpaired) electrons. The molecular weight excluding hydrogens is 144 g/mol. The number of piperidine rings is 1. The third-order valence-electron chi connectivity index (χ3n) is 2.35. The van der Waals surface area contributed by atoms with Gasteiger partial charge in [-0.1, -0.05) is 0 Å². The fourth-order valence-corrected chi connectivity index (χ4v) is 1.79. The van der Waals surface area contributed by atoms with Crippen molar-refractivity contribution in [1.82, 2.24) is 10.2 Å². The highest BCUT2D eigenvalue weighted by Gasteiger charge is 2.38. The van der Waals surface area contributed by atoms with Crippen molar-refractivity contribution in [3.05, 3.63) is 0 Å². The third kappa shape index (κ3) is 1.07. The molecule has 62 valence electrons. The van der Waals surface area contributed by atoms with E-state index in [0.29, 0.717) is 12.1 Å². The largest absolute Gasteiger partial charge is 0.453 e. The highest BCUT2D eigenvalue weighted by Crippen LogP contribution is 2.20. The Balaban J connectivity index is 1.92. The third-order valence-corrected chi connectivity index (χ3v) is 2.35. The predicted octanol–water partition coefficient (Wildman–Crippen LogP) is -0.201. The summed E-state index contributed by atoms with van der Waals surface area (Å²) in [6.45, 7) is 1.62. The first-order valence-corrected chi connectivity index (χ1v) is 3.88. The van der Waals surface area contributed by atoms with Crippen molar-refractivity contribution >= 4 is 6.09 Å². The smallest absolute Gasteiger partial charge is 0.409 e. The minimum absolute atomic E-state index is 0.193. The van der Waals surface area contributed by atoms with E-state index in [1.54, 1.807) is 4.90 Å². The number of hydrogen-bond acceptors (Lipinski definition) is 3. The van der Waals surface area contributed by atoms with Crippen LogP contribution in [0.3, 0.4) is 0 Å². The number of piperazine rings is 1. The summed E-state index contributed by atoms with van der Waals surface area (Å²) in [7, 11) is 1.43. The Kier molecular flexibility index (Phi) is 1.49. The number of carbonyl (C=O) groups excluding carboxylic acids is 1. The van der Waals surface area contributed by atoms with Crippen LogP contribution in [0.15, 0.2) is 0 Å². The number of ether oxygens (including phenoxy) is 1. The molecule has 0 aromatic rings. The topological polar surface area (TPSA) is 41.6 Å². The van der Waals surface area contributed by atoms with Gasteiger partial charge in [0.1, 0.15) is 0 Å². The van der Waals surface area contributed by atoms with E-state index in [9.17, 15) is 4.79 Å². The Labute approximate surface area is 65.5 Å². The SMILES string of the molecule is COC(=O)N1CC2CC(C1)N2. The van der Waals surface area contributed by atoms with Crippen LogP contribution in [0.2, 0.25) is 0 Å². The predicted molar refractivity (Wildman–Crippen MR) is 39.3 cm³/mol. The van der Waals surface area contributed by atoms with Crippen molar-refractivity contribution in [1.29, 1.82) is 0 Å². The van der Waals surface area contributed by atoms with Crippen LogP contribution in [0.5, 0.6) is 0 Å². The molecule has 4 heteroatoms. The maximum Gasteiger partial charge on any atom is 0.409 e. The zero-order valence-corrected chi connectivity index (χ0v) is 6.54. The van der Waals surface area contributed by atoms with Gasteiger partial charge in [0.05, 0.1) is 7.11 Å². The lowest BCUT2D eigenvalue weighted by molar-refractivity contribution is 0.0600. The van der Waals surface area contributed by atoms with E-state index in [1.807, 2.05) is 0 Å². The zero-order valence-electron chi connectivity index (χ0n) is 6.54. The molecule has 3 saturated heterocycles. The quantitative estimate of drug-likeness (QED) is 0.528. The molecule has 2 atom stereocenters. The number of nitrogens with zero attached hydrogens (tertiary/aromatic N) is 1. The Morgan fingerprint density at radius 1 is 1.55 bits per heavy atom. The van der Waals surface area contributed by atoms with Gasteiger partial charge < -0.3 is 15.0 Å². The molecule has 0 saturated carbocycles. The van der Waals surface area contributed by atoms with E-state index in [0.717, 1.165) is 13.1 Å². The first kappa shape index (κ1) is 6.91. The summed E-state index contributed by atoms with van der Waals surface area (Å²) in [4.78, 5) is 12.8. The van der Waals surface area contributed by atoms with Gasteiger partial charge in [0.15, 0.2) is 0 Å². The monoisotopic (exact) mass is 156 g/mol. The number of rotatable bonds is 0. The number of methoxy groups -OCH3 is 1. The van der Waals surface area contributed by atoms with Crippen LogP contribution < -0.4 is 5.32 Å². The Morgan fingerprint density at radius 3 is 2.55 bits per heavy atom. The lowest BCUT2D eigenvalue weighted by atomic mass is 9.92. The Bertz CT molecular complexity index is 167. The van der Waals surface area contributed by atoms with Crippen LogP contribution in [0, 0.1) is 0 Å². The molecule has 0 spiro atoms. The lowest BCUT2D eigenvalue weighted by Gasteiger charge is -2.47. The highest BCUT2D eigenvalue weighted by atomic mass is 16.5. The average Bonchev–Trinajstić information content (AvgIpc) is 2.02.